The standard InChI is InChI=1S/C18H26N2O3/c1-4-14-7-8-16(23-3)15(13-14)18(22)20-10-6-9-19(11-12-20)17(21)5-2/h7-8,13H,4-6,9-12H2,1-3H3. The van der Waals surface area contributed by atoms with Gasteiger partial charge >= 0.3 is 0 Å². The molecule has 0 unspecified atom stereocenters. The fraction of sp³-hybridized carbons (Fsp3) is 0.556. The van der Waals surface area contributed by atoms with Crippen molar-refractivity contribution < 1.29 is 14.3 Å². The lowest BCUT2D eigenvalue weighted by Crippen LogP contribution is -2.37. The monoisotopic (exact) mass is 318 g/mol. The molecule has 126 valence electrons. The lowest BCUT2D eigenvalue weighted by atomic mass is 10.1. The van der Waals surface area contributed by atoms with Crippen LogP contribution in [0.4, 0.5) is 0 Å². The summed E-state index contributed by atoms with van der Waals surface area (Å²) >= 11 is 0. The Hall–Kier alpha value is -2.04. The van der Waals surface area contributed by atoms with E-state index in [0.717, 1.165) is 24.9 Å². The number of methoxy groups -OCH3 is 1. The summed E-state index contributed by atoms with van der Waals surface area (Å²) in [4.78, 5) is 28.4. The second kappa shape index (κ2) is 7.99. The molecule has 1 aromatic rings. The quantitative estimate of drug-likeness (QED) is 0.856. The fourth-order valence-electron chi connectivity index (χ4n) is 2.91. The van der Waals surface area contributed by atoms with E-state index in [4.69, 9.17) is 4.74 Å². The summed E-state index contributed by atoms with van der Waals surface area (Å²) in [6, 6.07) is 5.76. The zero-order chi connectivity index (χ0) is 16.8. The van der Waals surface area contributed by atoms with Gasteiger partial charge in [-0.2, -0.15) is 0 Å². The summed E-state index contributed by atoms with van der Waals surface area (Å²) in [5.41, 5.74) is 1.73. The van der Waals surface area contributed by atoms with E-state index in [1.165, 1.54) is 0 Å². The lowest BCUT2D eigenvalue weighted by molar-refractivity contribution is -0.130. The topological polar surface area (TPSA) is 49.9 Å². The van der Waals surface area contributed by atoms with Crippen LogP contribution in [0.2, 0.25) is 0 Å². The predicted octanol–water partition coefficient (Wildman–Crippen LogP) is 2.34. The van der Waals surface area contributed by atoms with Crippen molar-refractivity contribution in [2.75, 3.05) is 33.3 Å². The number of hydrogen-bond donors (Lipinski definition) is 0. The molecule has 1 saturated heterocycles. The van der Waals surface area contributed by atoms with E-state index in [1.54, 1.807) is 7.11 Å². The second-order valence-corrected chi connectivity index (χ2v) is 5.77. The molecule has 1 aliphatic rings. The Morgan fingerprint density at radius 2 is 1.78 bits per heavy atom. The maximum atomic E-state index is 12.9. The van der Waals surface area contributed by atoms with Crippen LogP contribution in [0.25, 0.3) is 0 Å². The number of rotatable bonds is 4. The molecule has 0 aliphatic carbocycles. The molecule has 0 bridgehead atoms. The molecule has 1 aromatic carbocycles. The summed E-state index contributed by atoms with van der Waals surface area (Å²) in [6.45, 7) is 6.51. The van der Waals surface area contributed by atoms with Gasteiger partial charge in [0.1, 0.15) is 5.75 Å². The summed E-state index contributed by atoms with van der Waals surface area (Å²) < 4.78 is 5.35. The van der Waals surface area contributed by atoms with Gasteiger partial charge in [0.15, 0.2) is 0 Å². The van der Waals surface area contributed by atoms with Gasteiger partial charge in [0, 0.05) is 32.6 Å². The number of carbonyl (C=O) groups is 2. The average molecular weight is 318 g/mol. The largest absolute Gasteiger partial charge is 0.496 e. The number of ether oxygens (including phenoxy) is 1. The first-order chi connectivity index (χ1) is 11.1. The Morgan fingerprint density at radius 3 is 2.43 bits per heavy atom. The van der Waals surface area contributed by atoms with E-state index < -0.39 is 0 Å². The molecule has 0 N–H and O–H groups in total. The number of nitrogens with zero attached hydrogens (tertiary/aromatic N) is 2. The maximum Gasteiger partial charge on any atom is 0.257 e. The van der Waals surface area contributed by atoms with E-state index >= 15 is 0 Å². The fourth-order valence-corrected chi connectivity index (χ4v) is 2.91. The van der Waals surface area contributed by atoms with Gasteiger partial charge in [-0.1, -0.05) is 19.9 Å². The predicted molar refractivity (Wildman–Crippen MR) is 89.8 cm³/mol. The first kappa shape index (κ1) is 17.3. The molecular weight excluding hydrogens is 292 g/mol. The molecule has 5 nitrogen and oxygen atoms in total. The van der Waals surface area contributed by atoms with E-state index in [2.05, 4.69) is 6.92 Å². The van der Waals surface area contributed by atoms with Crippen molar-refractivity contribution in [1.29, 1.82) is 0 Å². The van der Waals surface area contributed by atoms with Gasteiger partial charge < -0.3 is 14.5 Å². The Morgan fingerprint density at radius 1 is 1.09 bits per heavy atom. The zero-order valence-corrected chi connectivity index (χ0v) is 14.3. The minimum atomic E-state index is -0.0112. The Kier molecular flexibility index (Phi) is 6.02. The Balaban J connectivity index is 2.15. The van der Waals surface area contributed by atoms with Gasteiger partial charge in [0.2, 0.25) is 5.91 Å². The van der Waals surface area contributed by atoms with Crippen molar-refractivity contribution in [2.45, 2.75) is 33.1 Å². The van der Waals surface area contributed by atoms with E-state index in [-0.39, 0.29) is 11.8 Å². The summed E-state index contributed by atoms with van der Waals surface area (Å²) in [7, 11) is 1.59. The van der Waals surface area contributed by atoms with Gasteiger partial charge in [-0.15, -0.1) is 0 Å². The molecule has 0 radical (unpaired) electrons. The summed E-state index contributed by atoms with van der Waals surface area (Å²) in [5, 5.41) is 0. The molecule has 1 fully saturated rings. The minimum absolute atomic E-state index is 0.0112. The molecule has 5 heteroatoms. The average Bonchev–Trinajstić information content (AvgIpc) is 2.85. The molecule has 1 heterocycles. The van der Waals surface area contributed by atoms with Crippen LogP contribution in [0.3, 0.4) is 0 Å². The summed E-state index contributed by atoms with van der Waals surface area (Å²) in [6.07, 6.45) is 2.20. The normalized spacial score (nSPS) is 15.3. The van der Waals surface area contributed by atoms with Crippen LogP contribution in [0.5, 0.6) is 5.75 Å². The van der Waals surface area contributed by atoms with Crippen LogP contribution in [-0.2, 0) is 11.2 Å². The van der Waals surface area contributed by atoms with Crippen molar-refractivity contribution in [1.82, 2.24) is 9.80 Å². The number of hydrogen-bond acceptors (Lipinski definition) is 3. The van der Waals surface area contributed by atoms with E-state index in [1.807, 2.05) is 34.9 Å². The first-order valence-electron chi connectivity index (χ1n) is 8.34. The van der Waals surface area contributed by atoms with Gasteiger partial charge in [0.05, 0.1) is 12.7 Å². The van der Waals surface area contributed by atoms with E-state index in [9.17, 15) is 9.59 Å². The molecule has 0 spiro atoms. The van der Waals surface area contributed by atoms with Crippen LogP contribution in [0.15, 0.2) is 18.2 Å². The highest BCUT2D eigenvalue weighted by molar-refractivity contribution is 5.97. The van der Waals surface area contributed by atoms with Crippen molar-refractivity contribution in [3.8, 4) is 5.75 Å². The molecular formula is C18H26N2O3. The molecule has 2 amide bonds. The zero-order valence-electron chi connectivity index (χ0n) is 14.3. The highest BCUT2D eigenvalue weighted by Crippen LogP contribution is 2.22. The molecule has 23 heavy (non-hydrogen) atoms. The third-order valence-corrected chi connectivity index (χ3v) is 4.34. The summed E-state index contributed by atoms with van der Waals surface area (Å²) in [5.74, 6) is 0.755. The van der Waals surface area contributed by atoms with Gasteiger partial charge in [-0.3, -0.25) is 9.59 Å². The van der Waals surface area contributed by atoms with Crippen molar-refractivity contribution >= 4 is 11.8 Å². The van der Waals surface area contributed by atoms with Crippen LogP contribution in [0, 0.1) is 0 Å². The third-order valence-electron chi connectivity index (χ3n) is 4.34. The smallest absolute Gasteiger partial charge is 0.257 e. The highest BCUT2D eigenvalue weighted by atomic mass is 16.5. The molecule has 0 atom stereocenters. The Labute approximate surface area is 138 Å². The van der Waals surface area contributed by atoms with Crippen molar-refractivity contribution in [3.05, 3.63) is 29.3 Å². The second-order valence-electron chi connectivity index (χ2n) is 5.77. The molecule has 2 rings (SSSR count). The van der Waals surface area contributed by atoms with Crippen LogP contribution in [-0.4, -0.2) is 54.9 Å². The number of amides is 2. The number of benzene rings is 1. The maximum absolute atomic E-state index is 12.9. The number of carbonyl (C=O) groups excluding carboxylic acids is 2. The molecule has 0 saturated carbocycles. The number of aryl methyl sites for hydroxylation is 1. The molecule has 0 aromatic heterocycles. The third kappa shape index (κ3) is 4.03. The lowest BCUT2D eigenvalue weighted by Gasteiger charge is -2.23. The molecule has 1 aliphatic heterocycles. The minimum Gasteiger partial charge on any atom is -0.496 e. The van der Waals surface area contributed by atoms with Gasteiger partial charge in [-0.05, 0) is 30.5 Å². The van der Waals surface area contributed by atoms with Crippen molar-refractivity contribution in [3.63, 3.8) is 0 Å². The van der Waals surface area contributed by atoms with Crippen molar-refractivity contribution in [2.24, 2.45) is 0 Å². The van der Waals surface area contributed by atoms with E-state index in [0.29, 0.717) is 37.4 Å². The Bertz CT molecular complexity index is 571. The van der Waals surface area contributed by atoms with Crippen LogP contribution >= 0.6 is 0 Å². The first-order valence-corrected chi connectivity index (χ1v) is 8.34. The van der Waals surface area contributed by atoms with Gasteiger partial charge in [-0.25, -0.2) is 0 Å². The van der Waals surface area contributed by atoms with Gasteiger partial charge in [0.25, 0.3) is 5.91 Å². The SMILES string of the molecule is CCC(=O)N1CCCN(C(=O)c2cc(CC)ccc2OC)CC1. The van der Waals surface area contributed by atoms with Crippen LogP contribution in [0.1, 0.15) is 42.6 Å². The van der Waals surface area contributed by atoms with Crippen LogP contribution < -0.4 is 4.74 Å². The highest BCUT2D eigenvalue weighted by Gasteiger charge is 2.24.